The van der Waals surface area contributed by atoms with Gasteiger partial charge in [0, 0.05) is 27.2 Å². The maximum atomic E-state index is 6.17. The van der Waals surface area contributed by atoms with Gasteiger partial charge in [0.25, 0.3) is 0 Å². The average molecular weight is 522 g/mol. The SMILES string of the molecule is C/C=C\SC(C)(C)C(CCN)CC(C)C(CCCC)(CCCC)c1cnc(C2CCN(C)CC2)s1. The molecule has 35 heavy (non-hydrogen) atoms. The van der Waals surface area contributed by atoms with Crippen molar-refractivity contribution in [2.75, 3.05) is 26.7 Å². The van der Waals surface area contributed by atoms with Crippen molar-refractivity contribution in [3.63, 3.8) is 0 Å². The summed E-state index contributed by atoms with van der Waals surface area (Å²) in [5.41, 5.74) is 6.41. The van der Waals surface area contributed by atoms with Gasteiger partial charge in [-0.15, -0.1) is 23.1 Å². The molecule has 0 radical (unpaired) electrons. The third kappa shape index (κ3) is 8.58. The predicted octanol–water partition coefficient (Wildman–Crippen LogP) is 8.61. The lowest BCUT2D eigenvalue weighted by Gasteiger charge is -2.43. The van der Waals surface area contributed by atoms with Gasteiger partial charge in [-0.1, -0.05) is 66.4 Å². The first kappa shape index (κ1) is 30.9. The molecular formula is C30H55N3S2. The Labute approximate surface area is 226 Å². The molecule has 2 unspecified atom stereocenters. The van der Waals surface area contributed by atoms with E-state index in [2.05, 4.69) is 82.5 Å². The van der Waals surface area contributed by atoms with E-state index in [1.807, 2.05) is 11.8 Å². The van der Waals surface area contributed by atoms with Gasteiger partial charge in [-0.05, 0) is 89.4 Å². The molecular weight excluding hydrogens is 466 g/mol. The lowest BCUT2D eigenvalue weighted by Crippen LogP contribution is -2.38. The molecule has 0 saturated carbocycles. The monoisotopic (exact) mass is 521 g/mol. The zero-order valence-electron chi connectivity index (χ0n) is 23.9. The molecule has 0 aliphatic carbocycles. The van der Waals surface area contributed by atoms with Crippen LogP contribution in [0.5, 0.6) is 0 Å². The number of rotatable bonds is 16. The van der Waals surface area contributed by atoms with Gasteiger partial charge in [-0.2, -0.15) is 0 Å². The van der Waals surface area contributed by atoms with Crippen molar-refractivity contribution in [2.24, 2.45) is 17.6 Å². The van der Waals surface area contributed by atoms with Crippen LogP contribution in [0.15, 0.2) is 17.7 Å². The number of nitrogens with zero attached hydrogens (tertiary/aromatic N) is 2. The third-order valence-corrected chi connectivity index (χ3v) is 11.4. The van der Waals surface area contributed by atoms with Crippen molar-refractivity contribution < 1.29 is 0 Å². The summed E-state index contributed by atoms with van der Waals surface area (Å²) < 4.78 is 0.189. The summed E-state index contributed by atoms with van der Waals surface area (Å²) in [6.07, 6.45) is 17.0. The van der Waals surface area contributed by atoms with Crippen LogP contribution in [0.25, 0.3) is 0 Å². The predicted molar refractivity (Wildman–Crippen MR) is 160 cm³/mol. The fraction of sp³-hybridized carbons (Fsp3) is 0.833. The molecule has 1 aliphatic heterocycles. The fourth-order valence-electron chi connectivity index (χ4n) is 6.00. The lowest BCUT2D eigenvalue weighted by molar-refractivity contribution is 0.186. The zero-order chi connectivity index (χ0) is 25.9. The number of thioether (sulfide) groups is 1. The number of piperidine rings is 1. The summed E-state index contributed by atoms with van der Waals surface area (Å²) in [6.45, 7) is 17.4. The standard InChI is InChI=1S/C30H55N3S2/c1-8-11-16-30(17-12-9-2,24(4)22-26(13-18-31)29(5,6)34-21-10-3)27-23-32-28(35-27)25-14-19-33(7)20-15-25/h10,21,23-26H,8-9,11-20,22,31H2,1-7H3/b21-10-. The highest BCUT2D eigenvalue weighted by Crippen LogP contribution is 2.50. The number of likely N-dealkylation sites (tertiary alicyclic amines) is 1. The van der Waals surface area contributed by atoms with Gasteiger partial charge >= 0.3 is 0 Å². The van der Waals surface area contributed by atoms with Gasteiger partial charge in [0.1, 0.15) is 0 Å². The number of nitrogens with two attached hydrogens (primary N) is 1. The molecule has 1 fully saturated rings. The Hall–Kier alpha value is -0.360. The van der Waals surface area contributed by atoms with E-state index in [-0.39, 0.29) is 10.2 Å². The molecule has 2 atom stereocenters. The van der Waals surface area contributed by atoms with Crippen LogP contribution in [0.1, 0.15) is 122 Å². The number of aromatic nitrogens is 1. The van der Waals surface area contributed by atoms with Crippen LogP contribution in [-0.2, 0) is 5.41 Å². The van der Waals surface area contributed by atoms with E-state index in [0.717, 1.165) is 13.0 Å². The minimum absolute atomic E-state index is 0.189. The van der Waals surface area contributed by atoms with Crippen LogP contribution in [0.2, 0.25) is 0 Å². The Morgan fingerprint density at radius 2 is 1.83 bits per heavy atom. The molecule has 1 aliphatic rings. The average Bonchev–Trinajstić information content (AvgIpc) is 3.34. The Morgan fingerprint density at radius 1 is 1.20 bits per heavy atom. The zero-order valence-corrected chi connectivity index (χ0v) is 25.6. The molecule has 202 valence electrons. The number of allylic oxidation sites excluding steroid dienone is 1. The van der Waals surface area contributed by atoms with Crippen molar-refractivity contribution in [3.8, 4) is 0 Å². The molecule has 0 amide bonds. The van der Waals surface area contributed by atoms with Crippen LogP contribution in [0.3, 0.4) is 0 Å². The molecule has 5 heteroatoms. The summed E-state index contributed by atoms with van der Waals surface area (Å²) in [4.78, 5) is 9.14. The Balaban J connectivity index is 2.39. The summed E-state index contributed by atoms with van der Waals surface area (Å²) in [6, 6.07) is 0. The minimum atomic E-state index is 0.189. The molecule has 3 nitrogen and oxygen atoms in total. The smallest absolute Gasteiger partial charge is 0.0959 e. The quantitative estimate of drug-likeness (QED) is 0.236. The fourth-order valence-corrected chi connectivity index (χ4v) is 8.34. The van der Waals surface area contributed by atoms with Gasteiger partial charge in [0.05, 0.1) is 5.01 Å². The van der Waals surface area contributed by atoms with Gasteiger partial charge in [-0.25, -0.2) is 4.98 Å². The molecule has 0 spiro atoms. The number of hydrogen-bond acceptors (Lipinski definition) is 5. The highest BCUT2D eigenvalue weighted by Gasteiger charge is 2.42. The topological polar surface area (TPSA) is 42.1 Å². The Bertz CT molecular complexity index is 726. The van der Waals surface area contributed by atoms with E-state index in [1.54, 1.807) is 4.88 Å². The molecule has 2 heterocycles. The van der Waals surface area contributed by atoms with Crippen LogP contribution < -0.4 is 5.73 Å². The number of unbranched alkanes of at least 4 members (excludes halogenated alkanes) is 2. The van der Waals surface area contributed by atoms with E-state index in [1.165, 1.54) is 75.9 Å². The molecule has 1 saturated heterocycles. The van der Waals surface area contributed by atoms with Crippen LogP contribution in [-0.4, -0.2) is 41.3 Å². The normalized spacial score (nSPS) is 18.4. The second-order valence-electron chi connectivity index (χ2n) is 11.6. The summed E-state index contributed by atoms with van der Waals surface area (Å²) in [5.74, 6) is 1.87. The van der Waals surface area contributed by atoms with Crippen molar-refractivity contribution in [3.05, 3.63) is 27.6 Å². The third-order valence-electron chi connectivity index (χ3n) is 8.62. The summed E-state index contributed by atoms with van der Waals surface area (Å²) in [5, 5.41) is 3.67. The highest BCUT2D eigenvalue weighted by atomic mass is 32.2. The molecule has 1 aromatic rings. The van der Waals surface area contributed by atoms with E-state index >= 15 is 0 Å². The second-order valence-corrected chi connectivity index (χ2v) is 14.2. The van der Waals surface area contributed by atoms with Crippen molar-refractivity contribution in [1.29, 1.82) is 0 Å². The van der Waals surface area contributed by atoms with E-state index < -0.39 is 0 Å². The second kappa shape index (κ2) is 15.1. The van der Waals surface area contributed by atoms with Crippen LogP contribution in [0.4, 0.5) is 0 Å². The first-order valence-electron chi connectivity index (χ1n) is 14.4. The molecule has 1 aromatic heterocycles. The Kier molecular flexibility index (Phi) is 13.4. The molecule has 2 rings (SSSR count). The minimum Gasteiger partial charge on any atom is -0.330 e. The van der Waals surface area contributed by atoms with Crippen molar-refractivity contribution in [1.82, 2.24) is 9.88 Å². The highest BCUT2D eigenvalue weighted by molar-refractivity contribution is 8.03. The lowest BCUT2D eigenvalue weighted by atomic mass is 9.65. The van der Waals surface area contributed by atoms with E-state index in [9.17, 15) is 0 Å². The van der Waals surface area contributed by atoms with Crippen LogP contribution in [0, 0.1) is 11.8 Å². The van der Waals surface area contributed by atoms with Gasteiger partial charge in [-0.3, -0.25) is 0 Å². The van der Waals surface area contributed by atoms with Crippen molar-refractivity contribution in [2.45, 2.75) is 122 Å². The van der Waals surface area contributed by atoms with Gasteiger partial charge < -0.3 is 10.6 Å². The maximum Gasteiger partial charge on any atom is 0.0959 e. The number of thiazole rings is 1. The Morgan fingerprint density at radius 3 is 2.37 bits per heavy atom. The first-order valence-corrected chi connectivity index (χ1v) is 16.1. The maximum absolute atomic E-state index is 6.17. The van der Waals surface area contributed by atoms with E-state index in [0.29, 0.717) is 17.8 Å². The van der Waals surface area contributed by atoms with E-state index in [4.69, 9.17) is 10.7 Å². The van der Waals surface area contributed by atoms with Gasteiger partial charge in [0.2, 0.25) is 0 Å². The summed E-state index contributed by atoms with van der Waals surface area (Å²) >= 11 is 4.05. The van der Waals surface area contributed by atoms with Crippen molar-refractivity contribution >= 4 is 23.1 Å². The molecule has 0 bridgehead atoms. The van der Waals surface area contributed by atoms with Gasteiger partial charge in [0.15, 0.2) is 0 Å². The summed E-state index contributed by atoms with van der Waals surface area (Å²) in [7, 11) is 2.25. The largest absolute Gasteiger partial charge is 0.330 e. The number of hydrogen-bond donors (Lipinski definition) is 1. The first-order chi connectivity index (χ1) is 16.7. The molecule has 2 N–H and O–H groups in total. The molecule has 0 aromatic carbocycles. The van der Waals surface area contributed by atoms with Crippen LogP contribution >= 0.6 is 23.1 Å².